The molecule has 2 atom stereocenters. The maximum absolute atomic E-state index is 5.83. The van der Waals surface area contributed by atoms with Crippen LogP contribution in [0, 0.1) is 11.8 Å². The fourth-order valence-corrected chi connectivity index (χ4v) is 3.26. The molecule has 2 aliphatic heterocycles. The highest BCUT2D eigenvalue weighted by molar-refractivity contribution is 5.53. The third-order valence-corrected chi connectivity index (χ3v) is 4.43. The zero-order valence-electron chi connectivity index (χ0n) is 11.3. The second-order valence-electron chi connectivity index (χ2n) is 5.84. The molecule has 3 rings (SSSR count). The van der Waals surface area contributed by atoms with Crippen LogP contribution >= 0.6 is 0 Å². The van der Waals surface area contributed by atoms with Crippen molar-refractivity contribution >= 4 is 5.82 Å². The molecule has 0 N–H and O–H groups in total. The number of hydrogen-bond donors (Lipinski definition) is 0. The van der Waals surface area contributed by atoms with Gasteiger partial charge in [0.05, 0.1) is 6.61 Å². The van der Waals surface area contributed by atoms with Gasteiger partial charge in [-0.2, -0.15) is 0 Å². The minimum Gasteiger partial charge on any atom is -0.490 e. The molecular formula is C15H22N2O. The molecular weight excluding hydrogens is 224 g/mol. The van der Waals surface area contributed by atoms with Gasteiger partial charge in [0.1, 0.15) is 0 Å². The Kier molecular flexibility index (Phi) is 3.14. The van der Waals surface area contributed by atoms with Gasteiger partial charge >= 0.3 is 0 Å². The molecule has 0 saturated carbocycles. The average molecular weight is 246 g/mol. The molecule has 3 heterocycles. The molecule has 1 saturated heterocycles. The lowest BCUT2D eigenvalue weighted by Gasteiger charge is -2.40. The van der Waals surface area contributed by atoms with E-state index in [0.717, 1.165) is 43.0 Å². The maximum Gasteiger partial charge on any atom is 0.171 e. The zero-order valence-corrected chi connectivity index (χ0v) is 11.3. The molecule has 1 aromatic heterocycles. The monoisotopic (exact) mass is 246 g/mol. The summed E-state index contributed by atoms with van der Waals surface area (Å²) in [5.74, 6) is 3.67. The quantitative estimate of drug-likeness (QED) is 0.761. The smallest absolute Gasteiger partial charge is 0.171 e. The van der Waals surface area contributed by atoms with E-state index in [-0.39, 0.29) is 0 Å². The Morgan fingerprint density at radius 1 is 1.39 bits per heavy atom. The van der Waals surface area contributed by atoms with Crippen molar-refractivity contribution in [2.75, 3.05) is 18.1 Å². The SMILES string of the molecule is CC(C)C1CCN2c3ncccc3OCC[C@@H]2C1. The van der Waals surface area contributed by atoms with Crippen LogP contribution in [0.3, 0.4) is 0 Å². The highest BCUT2D eigenvalue weighted by Gasteiger charge is 2.33. The predicted octanol–water partition coefficient (Wildman–Crippen LogP) is 3.11. The van der Waals surface area contributed by atoms with E-state index in [1.54, 1.807) is 0 Å². The van der Waals surface area contributed by atoms with Crippen LogP contribution in [0.1, 0.15) is 33.1 Å². The molecule has 3 heteroatoms. The van der Waals surface area contributed by atoms with E-state index in [1.807, 2.05) is 18.3 Å². The van der Waals surface area contributed by atoms with Crippen LogP contribution in [0.4, 0.5) is 5.82 Å². The first-order valence-corrected chi connectivity index (χ1v) is 7.10. The second-order valence-corrected chi connectivity index (χ2v) is 5.84. The van der Waals surface area contributed by atoms with Gasteiger partial charge in [-0.1, -0.05) is 13.8 Å². The zero-order chi connectivity index (χ0) is 12.5. The summed E-state index contributed by atoms with van der Waals surface area (Å²) in [6, 6.07) is 4.61. The number of piperidine rings is 1. The summed E-state index contributed by atoms with van der Waals surface area (Å²) < 4.78 is 5.83. The third-order valence-electron chi connectivity index (χ3n) is 4.43. The molecule has 2 aliphatic rings. The van der Waals surface area contributed by atoms with Gasteiger partial charge in [0, 0.05) is 25.2 Å². The molecule has 0 radical (unpaired) electrons. The summed E-state index contributed by atoms with van der Waals surface area (Å²) in [7, 11) is 0. The van der Waals surface area contributed by atoms with Gasteiger partial charge in [-0.15, -0.1) is 0 Å². The minimum absolute atomic E-state index is 0.613. The maximum atomic E-state index is 5.83. The van der Waals surface area contributed by atoms with Crippen molar-refractivity contribution in [1.82, 2.24) is 4.98 Å². The molecule has 98 valence electrons. The first-order valence-electron chi connectivity index (χ1n) is 7.10. The first-order chi connectivity index (χ1) is 8.75. The van der Waals surface area contributed by atoms with E-state index >= 15 is 0 Å². The van der Waals surface area contributed by atoms with Gasteiger partial charge in [-0.3, -0.25) is 0 Å². The van der Waals surface area contributed by atoms with Crippen LogP contribution in [-0.2, 0) is 0 Å². The molecule has 0 spiro atoms. The number of aromatic nitrogens is 1. The molecule has 0 amide bonds. The van der Waals surface area contributed by atoms with Crippen LogP contribution in [0.2, 0.25) is 0 Å². The van der Waals surface area contributed by atoms with Gasteiger partial charge in [-0.05, 0) is 36.8 Å². The Balaban J connectivity index is 1.86. The van der Waals surface area contributed by atoms with Gasteiger partial charge in [0.25, 0.3) is 0 Å². The summed E-state index contributed by atoms with van der Waals surface area (Å²) in [4.78, 5) is 7.01. The van der Waals surface area contributed by atoms with Crippen LogP contribution in [-0.4, -0.2) is 24.2 Å². The lowest BCUT2D eigenvalue weighted by Crippen LogP contribution is -2.43. The van der Waals surface area contributed by atoms with Gasteiger partial charge in [0.2, 0.25) is 0 Å². The number of pyridine rings is 1. The standard InChI is InChI=1S/C15H22N2O/c1-11(2)12-5-8-17-13(10-12)6-9-18-14-4-3-7-16-15(14)17/h3-4,7,11-13H,5-6,8-10H2,1-2H3/t12?,13-/m1/s1. The highest BCUT2D eigenvalue weighted by atomic mass is 16.5. The fraction of sp³-hybridized carbons (Fsp3) is 0.667. The summed E-state index contributed by atoms with van der Waals surface area (Å²) in [6.07, 6.45) is 5.57. The molecule has 1 aromatic rings. The summed E-state index contributed by atoms with van der Waals surface area (Å²) >= 11 is 0. The molecule has 18 heavy (non-hydrogen) atoms. The molecule has 3 nitrogen and oxygen atoms in total. The number of fused-ring (bicyclic) bond motifs is 3. The minimum atomic E-state index is 0.613. The molecule has 0 aliphatic carbocycles. The summed E-state index contributed by atoms with van der Waals surface area (Å²) in [5, 5.41) is 0. The van der Waals surface area contributed by atoms with E-state index in [1.165, 1.54) is 12.8 Å². The van der Waals surface area contributed by atoms with Gasteiger partial charge in [-0.25, -0.2) is 4.98 Å². The Morgan fingerprint density at radius 2 is 2.28 bits per heavy atom. The molecule has 0 bridgehead atoms. The first kappa shape index (κ1) is 11.8. The highest BCUT2D eigenvalue weighted by Crippen LogP contribution is 2.38. The van der Waals surface area contributed by atoms with E-state index in [2.05, 4.69) is 23.7 Å². The van der Waals surface area contributed by atoms with Crippen molar-refractivity contribution in [1.29, 1.82) is 0 Å². The Morgan fingerprint density at radius 3 is 3.11 bits per heavy atom. The van der Waals surface area contributed by atoms with Crippen molar-refractivity contribution < 1.29 is 4.74 Å². The lowest BCUT2D eigenvalue weighted by atomic mass is 9.82. The van der Waals surface area contributed by atoms with Crippen molar-refractivity contribution in [3.8, 4) is 5.75 Å². The van der Waals surface area contributed by atoms with Crippen molar-refractivity contribution in [3.63, 3.8) is 0 Å². The van der Waals surface area contributed by atoms with Gasteiger partial charge < -0.3 is 9.64 Å². The third kappa shape index (κ3) is 2.06. The molecule has 0 aromatic carbocycles. The number of rotatable bonds is 1. The van der Waals surface area contributed by atoms with Crippen LogP contribution in [0.25, 0.3) is 0 Å². The van der Waals surface area contributed by atoms with Crippen molar-refractivity contribution in [3.05, 3.63) is 18.3 Å². The summed E-state index contributed by atoms with van der Waals surface area (Å²) in [5.41, 5.74) is 0. The number of ether oxygens (including phenoxy) is 1. The van der Waals surface area contributed by atoms with Crippen molar-refractivity contribution in [2.24, 2.45) is 11.8 Å². The number of anilines is 1. The average Bonchev–Trinajstić information content (AvgIpc) is 2.57. The second kappa shape index (κ2) is 4.79. The van der Waals surface area contributed by atoms with Crippen LogP contribution in [0.5, 0.6) is 5.75 Å². The topological polar surface area (TPSA) is 25.4 Å². The normalized spacial score (nSPS) is 27.2. The molecule has 1 fully saturated rings. The van der Waals surface area contributed by atoms with E-state index in [4.69, 9.17) is 4.74 Å². The lowest BCUT2D eigenvalue weighted by molar-refractivity contribution is 0.245. The Labute approximate surface area is 109 Å². The van der Waals surface area contributed by atoms with Crippen molar-refractivity contribution in [2.45, 2.75) is 39.2 Å². The van der Waals surface area contributed by atoms with E-state index in [9.17, 15) is 0 Å². The Bertz CT molecular complexity index is 419. The van der Waals surface area contributed by atoms with Crippen LogP contribution < -0.4 is 9.64 Å². The predicted molar refractivity (Wildman–Crippen MR) is 73.0 cm³/mol. The Hall–Kier alpha value is -1.25. The largest absolute Gasteiger partial charge is 0.490 e. The summed E-state index contributed by atoms with van der Waals surface area (Å²) in [6.45, 7) is 6.64. The van der Waals surface area contributed by atoms with Gasteiger partial charge in [0.15, 0.2) is 11.6 Å². The van der Waals surface area contributed by atoms with E-state index in [0.29, 0.717) is 6.04 Å². The number of hydrogen-bond acceptors (Lipinski definition) is 3. The fourth-order valence-electron chi connectivity index (χ4n) is 3.26. The van der Waals surface area contributed by atoms with E-state index < -0.39 is 0 Å². The molecule has 1 unspecified atom stereocenters. The number of nitrogens with zero attached hydrogens (tertiary/aromatic N) is 2. The van der Waals surface area contributed by atoms with Crippen LogP contribution in [0.15, 0.2) is 18.3 Å².